The van der Waals surface area contributed by atoms with Gasteiger partial charge in [-0.3, -0.25) is 4.79 Å². The molecule has 1 aliphatic rings. The summed E-state index contributed by atoms with van der Waals surface area (Å²) in [6.45, 7) is 2.17. The van der Waals surface area contributed by atoms with Crippen molar-refractivity contribution in [3.63, 3.8) is 0 Å². The number of amides is 1. The summed E-state index contributed by atoms with van der Waals surface area (Å²) in [4.78, 5) is 15.3. The highest BCUT2D eigenvalue weighted by atomic mass is 32.2. The Labute approximate surface area is 182 Å². The van der Waals surface area contributed by atoms with Gasteiger partial charge < -0.3 is 9.64 Å². The molecule has 1 aromatic heterocycles. The van der Waals surface area contributed by atoms with Gasteiger partial charge in [0.15, 0.2) is 9.84 Å². The van der Waals surface area contributed by atoms with E-state index in [9.17, 15) is 13.2 Å². The zero-order valence-corrected chi connectivity index (χ0v) is 18.4. The Morgan fingerprint density at radius 3 is 2.48 bits per heavy atom. The smallest absolute Gasteiger partial charge is 0.257 e. The number of carbonyl (C=O) groups excluding carboxylic acids is 1. The Hall–Kier alpha value is -3.13. The van der Waals surface area contributed by atoms with Crippen molar-refractivity contribution in [1.82, 2.24) is 14.7 Å². The van der Waals surface area contributed by atoms with Gasteiger partial charge in [-0.1, -0.05) is 30.3 Å². The van der Waals surface area contributed by atoms with Crippen molar-refractivity contribution in [3.8, 4) is 11.4 Å². The number of benzene rings is 2. The molecule has 1 amide bonds. The van der Waals surface area contributed by atoms with E-state index in [0.29, 0.717) is 18.5 Å². The minimum absolute atomic E-state index is 0.0131. The third-order valence-electron chi connectivity index (χ3n) is 5.66. The number of methoxy groups -OCH3 is 1. The van der Waals surface area contributed by atoms with Crippen molar-refractivity contribution >= 4 is 15.7 Å². The van der Waals surface area contributed by atoms with Gasteiger partial charge in [-0.2, -0.15) is 5.10 Å². The van der Waals surface area contributed by atoms with Crippen LogP contribution < -0.4 is 4.74 Å². The molecule has 0 N–H and O–H groups in total. The van der Waals surface area contributed by atoms with Gasteiger partial charge in [0.05, 0.1) is 41.8 Å². The Kier molecular flexibility index (Phi) is 5.82. The summed E-state index contributed by atoms with van der Waals surface area (Å²) < 4.78 is 31.2. The quantitative estimate of drug-likeness (QED) is 0.590. The molecule has 0 spiro atoms. The topological polar surface area (TPSA) is 81.5 Å². The Morgan fingerprint density at radius 2 is 1.87 bits per heavy atom. The van der Waals surface area contributed by atoms with E-state index in [2.05, 4.69) is 5.10 Å². The molecule has 1 saturated heterocycles. The first-order chi connectivity index (χ1) is 14.9. The minimum Gasteiger partial charge on any atom is -0.497 e. The first-order valence-corrected chi connectivity index (χ1v) is 11.9. The molecule has 1 fully saturated rings. The van der Waals surface area contributed by atoms with Crippen LogP contribution in [0.1, 0.15) is 28.0 Å². The third-order valence-corrected chi connectivity index (χ3v) is 7.41. The van der Waals surface area contributed by atoms with Crippen LogP contribution in [0.25, 0.3) is 5.69 Å². The number of aromatic nitrogens is 2. The van der Waals surface area contributed by atoms with Crippen molar-refractivity contribution in [2.45, 2.75) is 25.9 Å². The van der Waals surface area contributed by atoms with Gasteiger partial charge in [0.1, 0.15) is 5.75 Å². The summed E-state index contributed by atoms with van der Waals surface area (Å²) in [6.07, 6.45) is 2.01. The van der Waals surface area contributed by atoms with Crippen molar-refractivity contribution in [2.24, 2.45) is 0 Å². The Balaban J connectivity index is 1.66. The summed E-state index contributed by atoms with van der Waals surface area (Å²) in [5, 5.41) is 4.41. The van der Waals surface area contributed by atoms with E-state index in [1.165, 1.54) is 0 Å². The second-order valence-corrected chi connectivity index (χ2v) is 9.96. The summed E-state index contributed by atoms with van der Waals surface area (Å²) >= 11 is 0. The molecular formula is C23H25N3O4S. The van der Waals surface area contributed by atoms with Gasteiger partial charge in [-0.25, -0.2) is 13.1 Å². The van der Waals surface area contributed by atoms with E-state index in [1.807, 2.05) is 61.5 Å². The maximum atomic E-state index is 13.6. The summed E-state index contributed by atoms with van der Waals surface area (Å²) in [5.41, 5.74) is 2.97. The van der Waals surface area contributed by atoms with Gasteiger partial charge in [-0.15, -0.1) is 0 Å². The lowest BCUT2D eigenvalue weighted by atomic mass is 10.1. The molecule has 2 aromatic carbocycles. The Bertz CT molecular complexity index is 1170. The molecule has 8 heteroatoms. The number of rotatable bonds is 6. The zero-order chi connectivity index (χ0) is 22.0. The van der Waals surface area contributed by atoms with Crippen LogP contribution in [0.5, 0.6) is 5.75 Å². The first kappa shape index (κ1) is 21.1. The molecule has 1 unspecified atom stereocenters. The lowest BCUT2D eigenvalue weighted by molar-refractivity contribution is 0.0680. The van der Waals surface area contributed by atoms with Crippen LogP contribution in [0.4, 0.5) is 0 Å². The zero-order valence-electron chi connectivity index (χ0n) is 17.6. The average molecular weight is 440 g/mol. The lowest BCUT2D eigenvalue weighted by Gasteiger charge is -2.28. The van der Waals surface area contributed by atoms with Gasteiger partial charge in [0.25, 0.3) is 5.91 Å². The van der Waals surface area contributed by atoms with E-state index in [4.69, 9.17) is 4.74 Å². The number of para-hydroxylation sites is 1. The van der Waals surface area contributed by atoms with Gasteiger partial charge in [-0.05, 0) is 43.2 Å². The van der Waals surface area contributed by atoms with E-state index < -0.39 is 9.84 Å². The Morgan fingerprint density at radius 1 is 1.16 bits per heavy atom. The molecular weight excluding hydrogens is 414 g/mol. The van der Waals surface area contributed by atoms with E-state index in [1.54, 1.807) is 22.9 Å². The minimum atomic E-state index is -3.14. The van der Waals surface area contributed by atoms with Crippen molar-refractivity contribution in [3.05, 3.63) is 77.6 Å². The number of nitrogens with zero attached hydrogens (tertiary/aromatic N) is 3. The van der Waals surface area contributed by atoms with Crippen molar-refractivity contribution in [2.75, 3.05) is 18.6 Å². The fourth-order valence-electron chi connectivity index (χ4n) is 3.92. The van der Waals surface area contributed by atoms with Crippen molar-refractivity contribution < 1.29 is 17.9 Å². The fourth-order valence-corrected chi connectivity index (χ4v) is 5.65. The van der Waals surface area contributed by atoms with E-state index in [-0.39, 0.29) is 23.5 Å². The summed E-state index contributed by atoms with van der Waals surface area (Å²) in [5.74, 6) is 0.607. The largest absolute Gasteiger partial charge is 0.497 e. The molecule has 7 nitrogen and oxygen atoms in total. The maximum Gasteiger partial charge on any atom is 0.257 e. The summed E-state index contributed by atoms with van der Waals surface area (Å²) in [7, 11) is -1.54. The van der Waals surface area contributed by atoms with Crippen LogP contribution >= 0.6 is 0 Å². The number of sulfone groups is 1. The number of carbonyl (C=O) groups is 1. The number of ether oxygens (including phenoxy) is 1. The van der Waals surface area contributed by atoms with E-state index >= 15 is 0 Å². The molecule has 0 bridgehead atoms. The molecule has 3 aromatic rings. The molecule has 31 heavy (non-hydrogen) atoms. The van der Waals surface area contributed by atoms with Crippen molar-refractivity contribution in [1.29, 1.82) is 0 Å². The van der Waals surface area contributed by atoms with Crippen LogP contribution in [-0.2, 0) is 16.4 Å². The molecule has 162 valence electrons. The van der Waals surface area contributed by atoms with Gasteiger partial charge in [0.2, 0.25) is 0 Å². The number of hydrogen-bond acceptors (Lipinski definition) is 5. The highest BCUT2D eigenvalue weighted by Crippen LogP contribution is 2.25. The normalized spacial score (nSPS) is 17.4. The van der Waals surface area contributed by atoms with E-state index in [0.717, 1.165) is 22.7 Å². The predicted molar refractivity (Wildman–Crippen MR) is 118 cm³/mol. The standard InChI is InChI=1S/C23H25N3O4S/c1-17-22(14-24-26(17)19-6-4-3-5-7-19)23(27)25(20-12-13-31(28,29)16-20)15-18-8-10-21(30-2)11-9-18/h3-11,14,20H,12-13,15-16H2,1-2H3. The molecule has 0 aliphatic carbocycles. The van der Waals surface area contributed by atoms with Crippen LogP contribution in [0.2, 0.25) is 0 Å². The highest BCUT2D eigenvalue weighted by Gasteiger charge is 2.36. The maximum absolute atomic E-state index is 13.6. The monoisotopic (exact) mass is 439 g/mol. The average Bonchev–Trinajstić information content (AvgIpc) is 3.34. The second kappa shape index (κ2) is 8.55. The molecule has 4 rings (SSSR count). The SMILES string of the molecule is COc1ccc(CN(C(=O)c2cnn(-c3ccccc3)c2C)C2CCS(=O)(=O)C2)cc1. The predicted octanol–water partition coefficient (Wildman–Crippen LogP) is 3.02. The van der Waals surface area contributed by atoms with Gasteiger partial charge >= 0.3 is 0 Å². The summed E-state index contributed by atoms with van der Waals surface area (Å²) in [6, 6.07) is 16.7. The fraction of sp³-hybridized carbons (Fsp3) is 0.304. The van der Waals surface area contributed by atoms with Gasteiger partial charge in [0, 0.05) is 12.6 Å². The number of hydrogen-bond donors (Lipinski definition) is 0. The van der Waals surface area contributed by atoms with Crippen LogP contribution in [0, 0.1) is 6.92 Å². The first-order valence-electron chi connectivity index (χ1n) is 10.1. The third kappa shape index (κ3) is 4.49. The second-order valence-electron chi connectivity index (χ2n) is 7.73. The molecule has 1 atom stereocenters. The molecule has 0 saturated carbocycles. The molecule has 1 aliphatic heterocycles. The van der Waals surface area contributed by atoms with Crippen LogP contribution in [-0.4, -0.2) is 53.7 Å². The van der Waals surface area contributed by atoms with Crippen LogP contribution in [0.3, 0.4) is 0 Å². The lowest BCUT2D eigenvalue weighted by Crippen LogP contribution is -2.40. The molecule has 0 radical (unpaired) electrons. The van der Waals surface area contributed by atoms with Crippen LogP contribution in [0.15, 0.2) is 60.8 Å². The highest BCUT2D eigenvalue weighted by molar-refractivity contribution is 7.91. The molecule has 2 heterocycles.